The van der Waals surface area contributed by atoms with Crippen LogP contribution in [-0.4, -0.2) is 21.5 Å². The minimum atomic E-state index is 0. The normalized spacial score (nSPS) is 9.40. The molecule has 84 valence electrons. The molecule has 0 bridgehead atoms. The van der Waals surface area contributed by atoms with Crippen molar-refractivity contribution in [2.75, 3.05) is 6.54 Å². The number of imidazole rings is 1. The number of hydrogen-bond donors (Lipinski definition) is 2. The first-order chi connectivity index (χ1) is 6.40. The Hall–Kier alpha value is -0.840. The highest BCUT2D eigenvalue weighted by molar-refractivity contribution is 5.85. The first-order valence-electron chi connectivity index (χ1n) is 4.40. The average Bonchev–Trinajstić information content (AvgIpc) is 2.57. The third-order valence-corrected chi connectivity index (χ3v) is 1.92. The Kier molecular flexibility index (Phi) is 6.24. The van der Waals surface area contributed by atoms with Crippen LogP contribution in [0.2, 0.25) is 0 Å². The Bertz CT molecular complexity index is 369. The van der Waals surface area contributed by atoms with Gasteiger partial charge in [0.2, 0.25) is 0 Å². The zero-order chi connectivity index (χ0) is 9.10. The van der Waals surface area contributed by atoms with Crippen molar-refractivity contribution in [3.8, 4) is 0 Å². The standard InChI is InChI=1S/C9H12N4.2ClH/c10-5-1-4-8-12-7-3-2-6-11-9(7)13-8;;/h2-3,6H,1,4-5,10H2,(H,11,12,13);2*1H. The number of pyridine rings is 1. The number of H-pyrrole nitrogens is 1. The van der Waals surface area contributed by atoms with Crippen molar-refractivity contribution in [3.05, 3.63) is 24.2 Å². The molecule has 0 aliphatic carbocycles. The van der Waals surface area contributed by atoms with Gasteiger partial charge >= 0.3 is 0 Å². The van der Waals surface area contributed by atoms with Crippen molar-refractivity contribution in [1.29, 1.82) is 0 Å². The summed E-state index contributed by atoms with van der Waals surface area (Å²) in [6, 6.07) is 3.87. The first kappa shape index (κ1) is 14.2. The molecule has 3 N–H and O–H groups in total. The fraction of sp³-hybridized carbons (Fsp3) is 0.333. The Morgan fingerprint density at radius 1 is 1.33 bits per heavy atom. The third-order valence-electron chi connectivity index (χ3n) is 1.92. The molecule has 0 amide bonds. The quantitative estimate of drug-likeness (QED) is 0.869. The van der Waals surface area contributed by atoms with E-state index in [2.05, 4.69) is 15.0 Å². The number of nitrogens with zero attached hydrogens (tertiary/aromatic N) is 2. The molecule has 0 saturated carbocycles. The van der Waals surface area contributed by atoms with E-state index in [1.807, 2.05) is 12.1 Å². The lowest BCUT2D eigenvalue weighted by Crippen LogP contribution is -2.01. The number of fused-ring (bicyclic) bond motifs is 1. The maximum atomic E-state index is 5.41. The van der Waals surface area contributed by atoms with E-state index < -0.39 is 0 Å². The summed E-state index contributed by atoms with van der Waals surface area (Å²) < 4.78 is 0. The smallest absolute Gasteiger partial charge is 0.177 e. The molecular formula is C9H14Cl2N4. The molecule has 0 saturated heterocycles. The number of aromatic nitrogens is 3. The number of aryl methyl sites for hydroxylation is 1. The highest BCUT2D eigenvalue weighted by atomic mass is 35.5. The number of nitrogens with one attached hydrogen (secondary N) is 1. The number of halogens is 2. The molecule has 0 aliphatic heterocycles. The van der Waals surface area contributed by atoms with Gasteiger partial charge in [0, 0.05) is 12.6 Å². The van der Waals surface area contributed by atoms with Gasteiger partial charge in [-0.2, -0.15) is 0 Å². The lowest BCUT2D eigenvalue weighted by atomic mass is 10.3. The summed E-state index contributed by atoms with van der Waals surface area (Å²) in [6.07, 6.45) is 3.60. The van der Waals surface area contributed by atoms with Gasteiger partial charge in [-0.1, -0.05) is 0 Å². The summed E-state index contributed by atoms with van der Waals surface area (Å²) in [6.45, 7) is 0.699. The topological polar surface area (TPSA) is 67.6 Å². The first-order valence-corrected chi connectivity index (χ1v) is 4.40. The molecule has 6 heteroatoms. The monoisotopic (exact) mass is 248 g/mol. The van der Waals surface area contributed by atoms with Crippen molar-refractivity contribution in [3.63, 3.8) is 0 Å². The second-order valence-electron chi connectivity index (χ2n) is 2.95. The fourth-order valence-corrected chi connectivity index (χ4v) is 1.28. The molecule has 2 rings (SSSR count). The molecule has 0 radical (unpaired) electrons. The molecule has 0 unspecified atom stereocenters. The largest absolute Gasteiger partial charge is 0.341 e. The summed E-state index contributed by atoms with van der Waals surface area (Å²) in [5, 5.41) is 0. The molecule has 2 aromatic rings. The number of rotatable bonds is 3. The lowest BCUT2D eigenvalue weighted by molar-refractivity contribution is 0.796. The van der Waals surface area contributed by atoms with Crippen LogP contribution in [-0.2, 0) is 6.42 Å². The Morgan fingerprint density at radius 2 is 2.13 bits per heavy atom. The van der Waals surface area contributed by atoms with Crippen molar-refractivity contribution in [1.82, 2.24) is 15.0 Å². The SMILES string of the molecule is Cl.Cl.NCCCc1nc2ncccc2[nH]1. The van der Waals surface area contributed by atoms with Crippen LogP contribution in [0, 0.1) is 0 Å². The van der Waals surface area contributed by atoms with E-state index in [1.165, 1.54) is 0 Å². The van der Waals surface area contributed by atoms with Gasteiger partial charge in [-0.15, -0.1) is 24.8 Å². The number of nitrogens with two attached hydrogens (primary N) is 1. The zero-order valence-corrected chi connectivity index (χ0v) is 9.77. The van der Waals surface area contributed by atoms with Gasteiger partial charge in [-0.25, -0.2) is 9.97 Å². The minimum absolute atomic E-state index is 0. The van der Waals surface area contributed by atoms with Crippen LogP contribution in [0.25, 0.3) is 11.2 Å². The highest BCUT2D eigenvalue weighted by Gasteiger charge is 2.01. The minimum Gasteiger partial charge on any atom is -0.341 e. The van der Waals surface area contributed by atoms with E-state index in [9.17, 15) is 0 Å². The molecule has 15 heavy (non-hydrogen) atoms. The van der Waals surface area contributed by atoms with E-state index in [0.29, 0.717) is 6.54 Å². The van der Waals surface area contributed by atoms with Crippen LogP contribution < -0.4 is 5.73 Å². The number of hydrogen-bond acceptors (Lipinski definition) is 3. The summed E-state index contributed by atoms with van der Waals surface area (Å²) in [4.78, 5) is 11.7. The van der Waals surface area contributed by atoms with Crippen LogP contribution in [0.3, 0.4) is 0 Å². The van der Waals surface area contributed by atoms with Crippen LogP contribution in [0.5, 0.6) is 0 Å². The summed E-state index contributed by atoms with van der Waals surface area (Å²) >= 11 is 0. The van der Waals surface area contributed by atoms with E-state index >= 15 is 0 Å². The van der Waals surface area contributed by atoms with Crippen molar-refractivity contribution in [2.45, 2.75) is 12.8 Å². The van der Waals surface area contributed by atoms with Gasteiger partial charge in [-0.3, -0.25) is 0 Å². The molecule has 2 heterocycles. The molecule has 2 aromatic heterocycles. The van der Waals surface area contributed by atoms with Crippen LogP contribution in [0.15, 0.2) is 18.3 Å². The van der Waals surface area contributed by atoms with Crippen molar-refractivity contribution in [2.24, 2.45) is 5.73 Å². The maximum Gasteiger partial charge on any atom is 0.177 e. The van der Waals surface area contributed by atoms with Crippen LogP contribution in [0.1, 0.15) is 12.2 Å². The second-order valence-corrected chi connectivity index (χ2v) is 2.95. The van der Waals surface area contributed by atoms with Gasteiger partial charge in [-0.05, 0) is 25.1 Å². The molecule has 0 atom stereocenters. The Labute approximate surface area is 101 Å². The van der Waals surface area contributed by atoms with Gasteiger partial charge in [0.15, 0.2) is 5.65 Å². The second kappa shape index (κ2) is 6.61. The Balaban J connectivity index is 0.000000980. The van der Waals surface area contributed by atoms with E-state index in [1.54, 1.807) is 6.20 Å². The maximum absolute atomic E-state index is 5.41. The van der Waals surface area contributed by atoms with E-state index in [4.69, 9.17) is 5.73 Å². The van der Waals surface area contributed by atoms with E-state index in [0.717, 1.165) is 29.8 Å². The summed E-state index contributed by atoms with van der Waals surface area (Å²) in [5.41, 5.74) is 7.19. The number of aromatic amines is 1. The molecule has 0 aromatic carbocycles. The highest BCUT2D eigenvalue weighted by Crippen LogP contribution is 2.07. The van der Waals surface area contributed by atoms with E-state index in [-0.39, 0.29) is 24.8 Å². The Morgan fingerprint density at radius 3 is 2.80 bits per heavy atom. The van der Waals surface area contributed by atoms with Crippen LogP contribution >= 0.6 is 24.8 Å². The predicted octanol–water partition coefficient (Wildman–Crippen LogP) is 1.69. The molecule has 4 nitrogen and oxygen atoms in total. The molecular weight excluding hydrogens is 235 g/mol. The zero-order valence-electron chi connectivity index (χ0n) is 8.14. The summed E-state index contributed by atoms with van der Waals surface area (Å²) in [7, 11) is 0. The van der Waals surface area contributed by atoms with Gasteiger partial charge in [0.1, 0.15) is 5.82 Å². The molecule has 0 aliphatic rings. The van der Waals surface area contributed by atoms with Gasteiger partial charge < -0.3 is 10.7 Å². The summed E-state index contributed by atoms with van der Waals surface area (Å²) in [5.74, 6) is 0.971. The lowest BCUT2D eigenvalue weighted by Gasteiger charge is -1.90. The van der Waals surface area contributed by atoms with Crippen molar-refractivity contribution >= 4 is 36.0 Å². The van der Waals surface area contributed by atoms with Crippen molar-refractivity contribution < 1.29 is 0 Å². The van der Waals surface area contributed by atoms with Crippen LogP contribution in [0.4, 0.5) is 0 Å². The van der Waals surface area contributed by atoms with Gasteiger partial charge in [0.05, 0.1) is 5.52 Å². The predicted molar refractivity (Wildman–Crippen MR) is 65.8 cm³/mol. The third kappa shape index (κ3) is 3.34. The average molecular weight is 249 g/mol. The van der Waals surface area contributed by atoms with Gasteiger partial charge in [0.25, 0.3) is 0 Å². The molecule has 0 spiro atoms. The molecule has 0 fully saturated rings. The fourth-order valence-electron chi connectivity index (χ4n) is 1.28.